The van der Waals surface area contributed by atoms with E-state index in [-0.39, 0.29) is 38.5 Å². The van der Waals surface area contributed by atoms with E-state index in [1.807, 2.05) is 41.5 Å². The van der Waals surface area contributed by atoms with Crippen LogP contribution in [0.3, 0.4) is 0 Å². The molecule has 0 radical (unpaired) electrons. The summed E-state index contributed by atoms with van der Waals surface area (Å²) in [5.41, 5.74) is 0.950. The lowest BCUT2D eigenvalue weighted by atomic mass is 9.94. The maximum Gasteiger partial charge on any atom is 0.307 e. The third kappa shape index (κ3) is 33.8. The Balaban J connectivity index is -0.000000160. The van der Waals surface area contributed by atoms with Crippen molar-refractivity contribution in [2.24, 2.45) is 35.5 Å². The van der Waals surface area contributed by atoms with Gasteiger partial charge in [0.25, 0.3) is 0 Å². The first-order valence-electron chi connectivity index (χ1n) is 16.2. The van der Waals surface area contributed by atoms with Gasteiger partial charge in [-0.3, -0.25) is 19.2 Å². The highest BCUT2D eigenvalue weighted by Gasteiger charge is 2.28. The smallest absolute Gasteiger partial charge is 0.307 e. The first-order valence-corrected chi connectivity index (χ1v) is 16.2. The van der Waals surface area contributed by atoms with Crippen LogP contribution in [0, 0.1) is 47.3 Å². The monoisotopic (exact) mass is 655 g/mol. The second-order valence-electron chi connectivity index (χ2n) is 12.1. The molecule has 0 aliphatic heterocycles. The Kier molecular flexibility index (Phi) is 38.0. The second-order valence-corrected chi connectivity index (χ2v) is 12.1. The zero-order valence-corrected chi connectivity index (χ0v) is 28.6. The van der Waals surface area contributed by atoms with Crippen LogP contribution in [0.4, 0.5) is 0 Å². The van der Waals surface area contributed by atoms with E-state index in [4.69, 9.17) is 20.4 Å². The molecule has 4 unspecified atom stereocenters. The van der Waals surface area contributed by atoms with Crippen molar-refractivity contribution in [3.05, 3.63) is 24.8 Å². The molecule has 1 fully saturated rings. The molecule has 0 bridgehead atoms. The minimum atomic E-state index is -0.727. The molecule has 1 rings (SSSR count). The lowest BCUT2D eigenvalue weighted by Gasteiger charge is -2.11. The van der Waals surface area contributed by atoms with Crippen molar-refractivity contribution in [2.75, 3.05) is 0 Å². The highest BCUT2D eigenvalue weighted by atomic mass is 16.4. The molecule has 0 amide bonds. The molecule has 0 aromatic heterocycles. The maximum atomic E-state index is 10.7. The Hall–Kier alpha value is -3.08. The van der Waals surface area contributed by atoms with E-state index in [2.05, 4.69) is 25.0 Å². The zero-order chi connectivity index (χ0) is 34.7. The summed E-state index contributed by atoms with van der Waals surface area (Å²) in [5, 5.41) is 34.9. The fourth-order valence-corrected chi connectivity index (χ4v) is 4.48. The quantitative estimate of drug-likeness (QED) is 0.0794. The molecule has 8 nitrogen and oxygen atoms in total. The molecular formula is C38H70O8. The molecule has 4 N–H and O–H groups in total. The van der Waals surface area contributed by atoms with E-state index in [1.165, 1.54) is 12.8 Å². The summed E-state index contributed by atoms with van der Waals surface area (Å²) in [5.74, 6) is 3.13. The molecule has 0 aromatic carbocycles. The predicted molar refractivity (Wildman–Crippen MR) is 192 cm³/mol. The van der Waals surface area contributed by atoms with Crippen molar-refractivity contribution >= 4 is 23.9 Å². The third-order valence-corrected chi connectivity index (χ3v) is 6.95. The van der Waals surface area contributed by atoms with Gasteiger partial charge in [-0.05, 0) is 70.6 Å². The van der Waals surface area contributed by atoms with Gasteiger partial charge in [0.2, 0.25) is 0 Å². The molecule has 0 saturated heterocycles. The lowest BCUT2D eigenvalue weighted by molar-refractivity contribution is -0.143. The number of hydrogen-bond acceptors (Lipinski definition) is 4. The van der Waals surface area contributed by atoms with Gasteiger partial charge < -0.3 is 20.4 Å². The molecular weight excluding hydrogens is 584 g/mol. The van der Waals surface area contributed by atoms with Crippen molar-refractivity contribution in [1.82, 2.24) is 0 Å². The standard InChI is InChI=1S/3C9H16O2.C9H14O2.2CH4/c1-2-3-8(9(10)11)6-7-4-5-7;2*1-4-5-8(9(10)11)6-7(2)3;1-3-5-7-8(6-4-2)9(10)11;;/h7-8H,2-6H2,1H3,(H,10,11);8H,2,4-6H2,1,3H3,(H,10,11);4,7-8H,1,5-6H2,2-3H3,(H,10,11);8H,4,6-7H2,1-2H3,(H,10,11);2*1H4. The highest BCUT2D eigenvalue weighted by molar-refractivity contribution is 5.71. The number of carbonyl (C=O) groups is 4. The molecule has 0 spiro atoms. The second kappa shape index (κ2) is 33.3. The van der Waals surface area contributed by atoms with E-state index in [9.17, 15) is 19.2 Å². The van der Waals surface area contributed by atoms with E-state index in [0.717, 1.165) is 62.9 Å². The van der Waals surface area contributed by atoms with Gasteiger partial charge in [-0.1, -0.05) is 93.2 Å². The number of aliphatic carboxylic acids is 4. The van der Waals surface area contributed by atoms with Crippen molar-refractivity contribution in [2.45, 2.75) is 147 Å². The van der Waals surface area contributed by atoms with E-state index in [0.29, 0.717) is 25.2 Å². The van der Waals surface area contributed by atoms with Gasteiger partial charge in [-0.2, -0.15) is 0 Å². The predicted octanol–water partition coefficient (Wildman–Crippen LogP) is 10.2. The van der Waals surface area contributed by atoms with Crippen molar-refractivity contribution < 1.29 is 39.6 Å². The van der Waals surface area contributed by atoms with Crippen LogP contribution in [0.1, 0.15) is 147 Å². The summed E-state index contributed by atoms with van der Waals surface area (Å²) in [6.07, 6.45) is 12.7. The van der Waals surface area contributed by atoms with Crippen molar-refractivity contribution in [1.29, 1.82) is 0 Å². The van der Waals surface area contributed by atoms with E-state index >= 15 is 0 Å². The van der Waals surface area contributed by atoms with E-state index < -0.39 is 23.9 Å². The highest BCUT2D eigenvalue weighted by Crippen LogP contribution is 2.36. The Morgan fingerprint density at radius 3 is 1.50 bits per heavy atom. The lowest BCUT2D eigenvalue weighted by Crippen LogP contribution is -2.14. The normalized spacial score (nSPS) is 13.6. The summed E-state index contributed by atoms with van der Waals surface area (Å²) in [6.45, 7) is 20.9. The van der Waals surface area contributed by atoms with Gasteiger partial charge in [-0.25, -0.2) is 0 Å². The minimum absolute atomic E-state index is 0. The van der Waals surface area contributed by atoms with Gasteiger partial charge in [0.05, 0.1) is 23.7 Å². The molecule has 1 aliphatic rings. The molecule has 4 atom stereocenters. The van der Waals surface area contributed by atoms with Crippen LogP contribution in [0.5, 0.6) is 0 Å². The molecule has 1 aliphatic carbocycles. The molecule has 46 heavy (non-hydrogen) atoms. The number of carboxylic acids is 4. The van der Waals surface area contributed by atoms with Crippen molar-refractivity contribution in [3.63, 3.8) is 0 Å². The molecule has 1 saturated carbocycles. The summed E-state index contributed by atoms with van der Waals surface area (Å²) in [6, 6.07) is 0. The topological polar surface area (TPSA) is 149 Å². The summed E-state index contributed by atoms with van der Waals surface area (Å²) in [7, 11) is 0. The Bertz CT molecular complexity index is 880. The number of carboxylic acid groups (broad SMARTS) is 4. The van der Waals surface area contributed by atoms with Gasteiger partial charge >= 0.3 is 23.9 Å². The van der Waals surface area contributed by atoms with Crippen LogP contribution in [0.25, 0.3) is 0 Å². The van der Waals surface area contributed by atoms with Crippen LogP contribution in [-0.2, 0) is 19.2 Å². The molecule has 0 heterocycles. The largest absolute Gasteiger partial charge is 0.481 e. The third-order valence-electron chi connectivity index (χ3n) is 6.95. The van der Waals surface area contributed by atoms with Gasteiger partial charge in [0.1, 0.15) is 0 Å². The van der Waals surface area contributed by atoms with Gasteiger partial charge in [-0.15, -0.1) is 25.0 Å². The number of hydrogen-bond donors (Lipinski definition) is 4. The van der Waals surface area contributed by atoms with Crippen LogP contribution in [0.15, 0.2) is 24.8 Å². The summed E-state index contributed by atoms with van der Waals surface area (Å²) in [4.78, 5) is 42.3. The van der Waals surface area contributed by atoms with Crippen molar-refractivity contribution in [3.8, 4) is 11.8 Å². The Morgan fingerprint density at radius 2 is 1.20 bits per heavy atom. The number of allylic oxidation sites excluding steroid dienone is 2. The number of rotatable bonds is 19. The summed E-state index contributed by atoms with van der Waals surface area (Å²) < 4.78 is 0. The van der Waals surface area contributed by atoms with E-state index in [1.54, 1.807) is 13.0 Å². The van der Waals surface area contributed by atoms with Crippen LogP contribution < -0.4 is 0 Å². The van der Waals surface area contributed by atoms with Crippen LogP contribution >= 0.6 is 0 Å². The molecule has 8 heteroatoms. The van der Waals surface area contributed by atoms with Crippen LogP contribution in [-0.4, -0.2) is 44.3 Å². The molecule has 0 aromatic rings. The van der Waals surface area contributed by atoms with Crippen LogP contribution in [0.2, 0.25) is 0 Å². The average molecular weight is 655 g/mol. The Labute approximate surface area is 282 Å². The van der Waals surface area contributed by atoms with Gasteiger partial charge in [0.15, 0.2) is 0 Å². The average Bonchev–Trinajstić information content (AvgIpc) is 3.75. The fraction of sp³-hybridized carbons (Fsp3) is 0.737. The molecule has 270 valence electrons. The first kappa shape index (κ1) is 52.5. The SMILES string of the molecule is C.C.C=C(C)CC(CCC)C(=O)O.C=CCC(CC(C)C)C(=O)O.CC#CCC(CCC)C(=O)O.CCCC(CC1CC1)C(=O)O. The summed E-state index contributed by atoms with van der Waals surface area (Å²) >= 11 is 0. The Morgan fingerprint density at radius 1 is 0.783 bits per heavy atom. The minimum Gasteiger partial charge on any atom is -0.481 e. The maximum absolute atomic E-state index is 10.7. The van der Waals surface area contributed by atoms with Gasteiger partial charge in [0, 0.05) is 6.42 Å². The first-order chi connectivity index (χ1) is 20.6. The fourth-order valence-electron chi connectivity index (χ4n) is 4.48. The zero-order valence-electron chi connectivity index (χ0n) is 28.6.